The van der Waals surface area contributed by atoms with Gasteiger partial charge >= 0.3 is 11.8 Å². The summed E-state index contributed by atoms with van der Waals surface area (Å²) in [5.41, 5.74) is -2.82. The first-order valence-electron chi connectivity index (χ1n) is 9.67. The highest BCUT2D eigenvalue weighted by Crippen LogP contribution is 2.50. The molecule has 1 aromatic rings. The molecule has 0 spiro atoms. The maximum Gasteiger partial charge on any atom is 0.375 e. The second kappa shape index (κ2) is 7.80. The zero-order chi connectivity index (χ0) is 24.3. The number of hydrogen-bond donors (Lipinski definition) is 1. The van der Waals surface area contributed by atoms with Gasteiger partial charge in [0.15, 0.2) is 0 Å². The number of allylic oxidation sites excluding steroid dienone is 4. The Morgan fingerprint density at radius 3 is 1.65 bits per heavy atom. The van der Waals surface area contributed by atoms with Crippen LogP contribution in [0.25, 0.3) is 0 Å². The van der Waals surface area contributed by atoms with Crippen molar-refractivity contribution in [1.29, 1.82) is 0 Å². The molecule has 0 unspecified atom stereocenters. The van der Waals surface area contributed by atoms with Crippen molar-refractivity contribution in [1.82, 2.24) is 0 Å². The Morgan fingerprint density at radius 2 is 1.32 bits per heavy atom. The number of benzene rings is 1. The normalized spacial score (nSPS) is 16.4. The average molecular weight is 481 g/mol. The van der Waals surface area contributed by atoms with Crippen LogP contribution < -0.4 is 0 Å². The SMILES string of the molecule is CC1=C(Cl)C(Cl)=C(C(=O)C(F)(F)C(F)(F)c2cc(C(C)(C)C)c(O)c(C(C)(C)C)c2)C1. The summed E-state index contributed by atoms with van der Waals surface area (Å²) in [5, 5.41) is 10.2. The molecule has 0 aromatic heterocycles. The molecule has 0 aliphatic heterocycles. The van der Waals surface area contributed by atoms with E-state index in [2.05, 4.69) is 0 Å². The van der Waals surface area contributed by atoms with Crippen LogP contribution in [-0.4, -0.2) is 16.8 Å². The number of alkyl halides is 4. The quantitative estimate of drug-likeness (QED) is 0.448. The van der Waals surface area contributed by atoms with Crippen molar-refractivity contribution in [3.05, 3.63) is 50.0 Å². The molecule has 1 aromatic carbocycles. The first-order chi connectivity index (χ1) is 13.7. The van der Waals surface area contributed by atoms with E-state index < -0.39 is 44.6 Å². The Kier molecular flexibility index (Phi) is 6.48. The van der Waals surface area contributed by atoms with Gasteiger partial charge in [0.1, 0.15) is 5.75 Å². The van der Waals surface area contributed by atoms with E-state index in [0.717, 1.165) is 12.1 Å². The van der Waals surface area contributed by atoms with E-state index in [1.807, 2.05) is 0 Å². The summed E-state index contributed by atoms with van der Waals surface area (Å²) in [6.07, 6.45) is -0.321. The number of ketones is 1. The standard InChI is InChI=1S/C23H26Cl2F4O2/c1-11-8-13(17(25)16(11)24)19(31)23(28,29)22(26,27)12-9-14(20(2,3)4)18(30)15(10-12)21(5,6)7/h9-10,30H,8H2,1-7H3. The average Bonchev–Trinajstić information content (AvgIpc) is 2.86. The van der Waals surface area contributed by atoms with Gasteiger partial charge in [-0.2, -0.15) is 17.6 Å². The lowest BCUT2D eigenvalue weighted by Gasteiger charge is -2.32. The maximum absolute atomic E-state index is 15.3. The second-order valence-corrected chi connectivity index (χ2v) is 10.7. The van der Waals surface area contributed by atoms with Crippen LogP contribution in [0.1, 0.15) is 71.6 Å². The number of carbonyl (C=O) groups excluding carboxylic acids is 1. The van der Waals surface area contributed by atoms with Crippen LogP contribution in [-0.2, 0) is 21.5 Å². The lowest BCUT2D eigenvalue weighted by atomic mass is 9.77. The molecule has 0 radical (unpaired) electrons. The second-order valence-electron chi connectivity index (χ2n) is 9.96. The summed E-state index contributed by atoms with van der Waals surface area (Å²) in [7, 11) is 0. The fourth-order valence-corrected chi connectivity index (χ4v) is 3.89. The molecule has 1 aliphatic carbocycles. The fourth-order valence-electron chi connectivity index (χ4n) is 3.39. The molecule has 0 saturated heterocycles. The van der Waals surface area contributed by atoms with Gasteiger partial charge in [-0.25, -0.2) is 0 Å². The van der Waals surface area contributed by atoms with Crippen molar-refractivity contribution in [3.63, 3.8) is 0 Å². The Balaban J connectivity index is 2.70. The molecule has 1 N–H and O–H groups in total. The van der Waals surface area contributed by atoms with E-state index in [9.17, 15) is 9.90 Å². The lowest BCUT2D eigenvalue weighted by Crippen LogP contribution is -2.46. The van der Waals surface area contributed by atoms with Crippen LogP contribution in [0.3, 0.4) is 0 Å². The number of phenolic OH excluding ortho intramolecular Hbond substituents is 1. The zero-order valence-electron chi connectivity index (χ0n) is 18.5. The van der Waals surface area contributed by atoms with Crippen molar-refractivity contribution < 1.29 is 27.5 Å². The van der Waals surface area contributed by atoms with Gasteiger partial charge in [0, 0.05) is 28.7 Å². The van der Waals surface area contributed by atoms with Crippen LogP contribution >= 0.6 is 23.2 Å². The van der Waals surface area contributed by atoms with Gasteiger partial charge in [-0.3, -0.25) is 4.79 Å². The molecule has 172 valence electrons. The van der Waals surface area contributed by atoms with Crippen molar-refractivity contribution >= 4 is 29.0 Å². The number of aromatic hydroxyl groups is 1. The number of halogens is 6. The summed E-state index contributed by atoms with van der Waals surface area (Å²) in [6, 6.07) is 1.68. The van der Waals surface area contributed by atoms with Crippen molar-refractivity contribution in [2.24, 2.45) is 0 Å². The molecule has 1 aliphatic rings. The lowest BCUT2D eigenvalue weighted by molar-refractivity contribution is -0.210. The van der Waals surface area contributed by atoms with Gasteiger partial charge in [0.05, 0.1) is 10.1 Å². The Hall–Kier alpha value is -1.53. The van der Waals surface area contributed by atoms with E-state index >= 15 is 17.6 Å². The summed E-state index contributed by atoms with van der Waals surface area (Å²) >= 11 is 11.7. The topological polar surface area (TPSA) is 37.3 Å². The van der Waals surface area contributed by atoms with Crippen molar-refractivity contribution in [2.45, 2.75) is 77.6 Å². The highest BCUT2D eigenvalue weighted by molar-refractivity contribution is 6.46. The van der Waals surface area contributed by atoms with Gasteiger partial charge < -0.3 is 5.11 Å². The molecule has 31 heavy (non-hydrogen) atoms. The Morgan fingerprint density at radius 1 is 0.903 bits per heavy atom. The van der Waals surface area contributed by atoms with Gasteiger partial charge in [-0.15, -0.1) is 0 Å². The van der Waals surface area contributed by atoms with Crippen LogP contribution in [0.15, 0.2) is 33.3 Å². The first kappa shape index (κ1) is 25.7. The first-order valence-corrected chi connectivity index (χ1v) is 10.4. The fraction of sp³-hybridized carbons (Fsp3) is 0.522. The summed E-state index contributed by atoms with van der Waals surface area (Å²) in [5.74, 6) is -12.2. The monoisotopic (exact) mass is 480 g/mol. The molecule has 2 nitrogen and oxygen atoms in total. The van der Waals surface area contributed by atoms with Gasteiger partial charge in [-0.1, -0.05) is 64.7 Å². The van der Waals surface area contributed by atoms with Crippen molar-refractivity contribution in [3.8, 4) is 5.75 Å². The molecule has 2 rings (SSSR count). The minimum Gasteiger partial charge on any atom is -0.507 e. The van der Waals surface area contributed by atoms with Crippen LogP contribution in [0, 0.1) is 0 Å². The third kappa shape index (κ3) is 4.38. The van der Waals surface area contributed by atoms with Gasteiger partial charge in [0.25, 0.3) is 0 Å². The predicted octanol–water partition coefficient (Wildman–Crippen LogP) is 7.69. The molecule has 0 bridgehead atoms. The van der Waals surface area contributed by atoms with Crippen molar-refractivity contribution in [2.75, 3.05) is 0 Å². The zero-order valence-corrected chi connectivity index (χ0v) is 20.0. The highest BCUT2D eigenvalue weighted by atomic mass is 35.5. The number of carbonyl (C=O) groups is 1. The van der Waals surface area contributed by atoms with Gasteiger partial charge in [0.2, 0.25) is 5.78 Å². The highest BCUT2D eigenvalue weighted by Gasteiger charge is 2.64. The minimum absolute atomic E-state index is 0.0801. The van der Waals surface area contributed by atoms with Gasteiger partial charge in [-0.05, 0) is 35.5 Å². The summed E-state index contributed by atoms with van der Waals surface area (Å²) in [6.45, 7) is 11.5. The molecule has 0 atom stereocenters. The number of rotatable bonds is 4. The molecule has 8 heteroatoms. The number of Topliss-reactive ketones (excluding diaryl/α,β-unsaturated/α-hetero) is 1. The number of hydrogen-bond acceptors (Lipinski definition) is 2. The number of phenols is 1. The molecular formula is C23H26Cl2F4O2. The minimum atomic E-state index is -5.08. The van der Waals surface area contributed by atoms with Crippen LogP contribution in [0.4, 0.5) is 17.6 Å². The molecular weight excluding hydrogens is 455 g/mol. The van der Waals surface area contributed by atoms with E-state index in [1.54, 1.807) is 41.5 Å². The molecule has 0 heterocycles. The van der Waals surface area contributed by atoms with E-state index in [1.165, 1.54) is 6.92 Å². The van der Waals surface area contributed by atoms with Crippen LogP contribution in [0.5, 0.6) is 5.75 Å². The molecule has 0 amide bonds. The maximum atomic E-state index is 15.3. The largest absolute Gasteiger partial charge is 0.507 e. The van der Waals surface area contributed by atoms with E-state index in [0.29, 0.717) is 5.57 Å². The third-order valence-corrected chi connectivity index (χ3v) is 6.34. The van der Waals surface area contributed by atoms with E-state index in [-0.39, 0.29) is 28.3 Å². The smallest absolute Gasteiger partial charge is 0.375 e. The third-order valence-electron chi connectivity index (χ3n) is 5.32. The van der Waals surface area contributed by atoms with E-state index in [4.69, 9.17) is 23.2 Å². The molecule has 0 fully saturated rings. The Bertz CT molecular complexity index is 959. The predicted molar refractivity (Wildman–Crippen MR) is 115 cm³/mol. The van der Waals surface area contributed by atoms with Crippen LogP contribution in [0.2, 0.25) is 0 Å². The molecule has 0 saturated carbocycles. The Labute approximate surface area is 189 Å². The summed E-state index contributed by atoms with van der Waals surface area (Å²) < 4.78 is 60.5. The summed E-state index contributed by atoms with van der Waals surface area (Å²) in [4.78, 5) is 12.5.